The van der Waals surface area contributed by atoms with Crippen LogP contribution in [0.1, 0.15) is 91.1 Å². The molecular weight excluding hydrogens is 562 g/mol. The van der Waals surface area contributed by atoms with Crippen LogP contribution in [-0.2, 0) is 17.6 Å². The van der Waals surface area contributed by atoms with Gasteiger partial charge in [0.25, 0.3) is 23.6 Å². The van der Waals surface area contributed by atoms with Crippen molar-refractivity contribution in [2.75, 3.05) is 38.2 Å². The fourth-order valence-corrected chi connectivity index (χ4v) is 5.63. The van der Waals surface area contributed by atoms with Crippen LogP contribution in [0.15, 0.2) is 36.4 Å². The Morgan fingerprint density at radius 3 is 1.69 bits per heavy atom. The average Bonchev–Trinajstić information content (AvgIpc) is 3.41. The summed E-state index contributed by atoms with van der Waals surface area (Å²) < 4.78 is 5.34. The normalized spacial score (nSPS) is 16.3. The second-order valence-corrected chi connectivity index (χ2v) is 10.8. The van der Waals surface area contributed by atoms with Crippen LogP contribution in [0.3, 0.4) is 0 Å². The van der Waals surface area contributed by atoms with Gasteiger partial charge in [-0.15, -0.1) is 0 Å². The molecule has 1 saturated heterocycles. The fourth-order valence-electron chi connectivity index (χ4n) is 5.24. The van der Waals surface area contributed by atoms with Crippen LogP contribution >= 0.6 is 15.9 Å². The van der Waals surface area contributed by atoms with E-state index in [1.165, 1.54) is 6.42 Å². The van der Waals surface area contributed by atoms with E-state index in [9.17, 15) is 19.2 Å². The van der Waals surface area contributed by atoms with Gasteiger partial charge < -0.3 is 4.74 Å². The number of hydrogen-bond acceptors (Lipinski definition) is 6. The van der Waals surface area contributed by atoms with Crippen molar-refractivity contribution in [3.05, 3.63) is 69.8 Å². The highest BCUT2D eigenvalue weighted by Gasteiger charge is 2.29. The van der Waals surface area contributed by atoms with E-state index < -0.39 is 0 Å². The molecule has 0 bridgehead atoms. The van der Waals surface area contributed by atoms with Crippen molar-refractivity contribution in [1.82, 2.24) is 15.5 Å². The van der Waals surface area contributed by atoms with Crippen molar-refractivity contribution in [2.24, 2.45) is 0 Å². The summed E-state index contributed by atoms with van der Waals surface area (Å²) >= 11 is 3.39. The van der Waals surface area contributed by atoms with Crippen LogP contribution in [0.4, 0.5) is 0 Å². The number of amides is 4. The van der Waals surface area contributed by atoms with Gasteiger partial charge in [-0.05, 0) is 68.3 Å². The summed E-state index contributed by atoms with van der Waals surface area (Å²) in [4.78, 5) is 49.0. The van der Waals surface area contributed by atoms with Crippen molar-refractivity contribution in [2.45, 2.75) is 51.4 Å². The summed E-state index contributed by atoms with van der Waals surface area (Å²) in [6, 6.07) is 11.0. The van der Waals surface area contributed by atoms with E-state index in [2.05, 4.69) is 31.5 Å². The maximum absolute atomic E-state index is 11.8. The Kier molecular flexibility index (Phi) is 10.8. The van der Waals surface area contributed by atoms with E-state index in [0.717, 1.165) is 94.3 Å². The Morgan fingerprint density at radius 2 is 1.18 bits per heavy atom. The number of nitrogens with zero attached hydrogens (tertiary/aromatic N) is 1. The lowest BCUT2D eigenvalue weighted by Gasteiger charge is -2.26. The second kappa shape index (κ2) is 14.5. The molecule has 3 aliphatic heterocycles. The number of hydrogen-bond donors (Lipinski definition) is 2. The number of rotatable bonds is 11. The Bertz CT molecular complexity index is 1210. The quantitative estimate of drug-likeness (QED) is 0.227. The number of ether oxygens (including phenoxy) is 1. The van der Waals surface area contributed by atoms with E-state index in [1.54, 1.807) is 12.1 Å². The van der Waals surface area contributed by atoms with Gasteiger partial charge in [-0.3, -0.25) is 34.7 Å². The van der Waals surface area contributed by atoms with Gasteiger partial charge in [0.2, 0.25) is 0 Å². The van der Waals surface area contributed by atoms with Gasteiger partial charge in [-0.1, -0.05) is 53.0 Å². The van der Waals surface area contributed by atoms with Crippen molar-refractivity contribution >= 4 is 39.6 Å². The molecule has 1 fully saturated rings. The summed E-state index contributed by atoms with van der Waals surface area (Å²) in [5.74, 6) is -1.04. The maximum atomic E-state index is 11.8. The number of nitrogens with one attached hydrogen (secondary N) is 2. The molecule has 0 aliphatic carbocycles. The second-order valence-electron chi connectivity index (χ2n) is 10.0. The van der Waals surface area contributed by atoms with Crippen LogP contribution in [0.2, 0.25) is 0 Å². The Labute approximate surface area is 238 Å². The Hall–Kier alpha value is -2.88. The fraction of sp³-hybridized carbons (Fsp3) is 0.467. The highest BCUT2D eigenvalue weighted by molar-refractivity contribution is 9.09. The third-order valence-electron chi connectivity index (χ3n) is 7.30. The van der Waals surface area contributed by atoms with E-state index in [-0.39, 0.29) is 23.6 Å². The molecule has 0 spiro atoms. The monoisotopic (exact) mass is 597 g/mol. The first-order chi connectivity index (χ1) is 19.0. The molecule has 0 unspecified atom stereocenters. The molecule has 0 aromatic heterocycles. The standard InChI is InChI=1S/C17H22N2O3.C13H14BrNO2/c20-16-14-7-4-6-13(15(14)17(21)18-16)5-2-1-3-8-19-9-11-22-12-10-19;14-8-3-1-2-5-9-6-4-7-10-11(9)13(17)15-12(10)16/h4,6-7H,1-3,5,8-12H2,(H,18,20,21);4,6-7H,1-3,5,8H2,(H,15,16,17). The minimum Gasteiger partial charge on any atom is -0.379 e. The summed E-state index contributed by atoms with van der Waals surface area (Å²) in [7, 11) is 0. The molecule has 8 nitrogen and oxygen atoms in total. The van der Waals surface area contributed by atoms with Crippen LogP contribution in [0.25, 0.3) is 0 Å². The predicted molar refractivity (Wildman–Crippen MR) is 153 cm³/mol. The third-order valence-corrected chi connectivity index (χ3v) is 7.86. The van der Waals surface area contributed by atoms with Gasteiger partial charge in [-0.25, -0.2) is 0 Å². The van der Waals surface area contributed by atoms with Gasteiger partial charge in [-0.2, -0.15) is 0 Å². The van der Waals surface area contributed by atoms with E-state index >= 15 is 0 Å². The number of halogens is 1. The van der Waals surface area contributed by atoms with Gasteiger partial charge in [0.15, 0.2) is 0 Å². The van der Waals surface area contributed by atoms with Crippen molar-refractivity contribution < 1.29 is 23.9 Å². The molecule has 0 saturated carbocycles. The molecule has 39 heavy (non-hydrogen) atoms. The minimum absolute atomic E-state index is 0.246. The number of aryl methyl sites for hydroxylation is 2. The minimum atomic E-state index is -0.271. The summed E-state index contributed by atoms with van der Waals surface area (Å²) in [5, 5.41) is 5.72. The van der Waals surface area contributed by atoms with Gasteiger partial charge in [0.05, 0.1) is 35.5 Å². The Balaban J connectivity index is 0.000000187. The van der Waals surface area contributed by atoms with Crippen molar-refractivity contribution in [3.63, 3.8) is 0 Å². The van der Waals surface area contributed by atoms with Gasteiger partial charge in [0, 0.05) is 18.4 Å². The number of alkyl halides is 1. The smallest absolute Gasteiger partial charge is 0.259 e. The molecule has 2 aromatic carbocycles. The van der Waals surface area contributed by atoms with Crippen LogP contribution in [0, 0.1) is 0 Å². The molecule has 5 rings (SSSR count). The zero-order valence-corrected chi connectivity index (χ0v) is 23.8. The molecule has 0 atom stereocenters. The maximum Gasteiger partial charge on any atom is 0.259 e. The molecule has 2 aromatic rings. The summed E-state index contributed by atoms with van der Waals surface area (Å²) in [6.45, 7) is 4.89. The first-order valence-electron chi connectivity index (χ1n) is 13.8. The number of benzene rings is 2. The van der Waals surface area contributed by atoms with Crippen molar-refractivity contribution in [1.29, 1.82) is 0 Å². The molecule has 0 radical (unpaired) electrons. The molecular formula is C30H36BrN3O5. The van der Waals surface area contributed by atoms with E-state index in [0.29, 0.717) is 22.3 Å². The average molecular weight is 599 g/mol. The molecule has 2 N–H and O–H groups in total. The van der Waals surface area contributed by atoms with Gasteiger partial charge >= 0.3 is 0 Å². The number of morpholine rings is 1. The largest absolute Gasteiger partial charge is 0.379 e. The van der Waals surface area contributed by atoms with E-state index in [1.807, 2.05) is 24.3 Å². The lowest BCUT2D eigenvalue weighted by Crippen LogP contribution is -2.36. The topological polar surface area (TPSA) is 105 Å². The number of carbonyl (C=O) groups excluding carboxylic acids is 4. The summed E-state index contributed by atoms with van der Waals surface area (Å²) in [5.41, 5.74) is 4.19. The molecule has 4 amide bonds. The zero-order valence-electron chi connectivity index (χ0n) is 22.2. The van der Waals surface area contributed by atoms with Crippen LogP contribution in [0.5, 0.6) is 0 Å². The van der Waals surface area contributed by atoms with Crippen LogP contribution < -0.4 is 10.6 Å². The molecule has 9 heteroatoms. The zero-order chi connectivity index (χ0) is 27.6. The number of fused-ring (bicyclic) bond motifs is 2. The van der Waals surface area contributed by atoms with E-state index in [4.69, 9.17) is 4.74 Å². The number of carbonyl (C=O) groups is 4. The Morgan fingerprint density at radius 1 is 0.667 bits per heavy atom. The van der Waals surface area contributed by atoms with Gasteiger partial charge in [0.1, 0.15) is 0 Å². The molecule has 208 valence electrons. The van der Waals surface area contributed by atoms with Crippen LogP contribution in [-0.4, -0.2) is 66.7 Å². The lowest BCUT2D eigenvalue weighted by atomic mass is 9.98. The highest BCUT2D eigenvalue weighted by Crippen LogP contribution is 2.23. The SMILES string of the molecule is O=C1NC(=O)c2c(CCCCCBr)cccc21.O=C1NC(=O)c2c(CCCCCN3CCOCC3)cccc21. The number of unbranched alkanes of at least 4 members (excludes halogenated alkanes) is 4. The number of imide groups is 2. The lowest BCUT2D eigenvalue weighted by molar-refractivity contribution is 0.0371. The first-order valence-corrected chi connectivity index (χ1v) is 14.9. The molecule has 3 heterocycles. The first kappa shape index (κ1) is 29.1. The summed E-state index contributed by atoms with van der Waals surface area (Å²) in [6.07, 6.45) is 8.37. The molecule has 3 aliphatic rings. The van der Waals surface area contributed by atoms with Crippen molar-refractivity contribution in [3.8, 4) is 0 Å². The third kappa shape index (κ3) is 7.62. The highest BCUT2D eigenvalue weighted by atomic mass is 79.9. The predicted octanol–water partition coefficient (Wildman–Crippen LogP) is 4.29.